The fourth-order valence-corrected chi connectivity index (χ4v) is 4.11. The normalized spacial score (nSPS) is 28.2. The average molecular weight is 518 g/mol. The molecular formula is C26H35N3O8. The summed E-state index contributed by atoms with van der Waals surface area (Å²) in [6.45, 7) is 7.42. The largest absolute Gasteiger partial charge is 0.493 e. The van der Waals surface area contributed by atoms with Crippen LogP contribution in [0, 0.1) is 5.92 Å². The van der Waals surface area contributed by atoms with E-state index >= 15 is 0 Å². The maximum absolute atomic E-state index is 13.5. The van der Waals surface area contributed by atoms with E-state index in [0.29, 0.717) is 17.7 Å². The van der Waals surface area contributed by atoms with E-state index in [4.69, 9.17) is 34.0 Å². The Morgan fingerprint density at radius 1 is 1.19 bits per heavy atom. The Labute approximate surface area is 216 Å². The second-order valence-electron chi connectivity index (χ2n) is 9.33. The molecule has 1 saturated heterocycles. The second-order valence-corrected chi connectivity index (χ2v) is 9.33. The first-order valence-electron chi connectivity index (χ1n) is 12.2. The minimum absolute atomic E-state index is 0.0723. The van der Waals surface area contributed by atoms with E-state index in [1.54, 1.807) is 51.1 Å². The Bertz CT molecular complexity index is 1050. The summed E-state index contributed by atoms with van der Waals surface area (Å²) in [7, 11) is 1.48. The molecule has 0 aliphatic carbocycles. The van der Waals surface area contributed by atoms with Gasteiger partial charge in [0.1, 0.15) is 35.4 Å². The number of aliphatic hydroxyl groups is 1. The first-order chi connectivity index (χ1) is 17.7. The van der Waals surface area contributed by atoms with Crippen LogP contribution in [0.1, 0.15) is 50.0 Å². The van der Waals surface area contributed by atoms with E-state index in [2.05, 4.69) is 10.0 Å². The highest BCUT2D eigenvalue weighted by Gasteiger charge is 2.43. The van der Waals surface area contributed by atoms with Crippen LogP contribution in [0.4, 0.5) is 0 Å². The number of aliphatic hydroxyl groups excluding tert-OH is 1. The molecule has 1 N–H and O–H groups in total. The maximum Gasteiger partial charge on any atom is 0.342 e. The SMILES string of the molecule is COCOc1ccc(OCCN=[N+]=[N-])c2c1C(=O)O[C@@H](C)[C@H](C)/C=C\C(O)[C@H]1OC(C)(C)O[C@H]1CC=C2. The van der Waals surface area contributed by atoms with Crippen molar-refractivity contribution in [2.75, 3.05) is 27.1 Å². The minimum Gasteiger partial charge on any atom is -0.493 e. The van der Waals surface area contributed by atoms with Crippen molar-refractivity contribution in [3.05, 3.63) is 51.9 Å². The summed E-state index contributed by atoms with van der Waals surface area (Å²) in [4.78, 5) is 16.2. The highest BCUT2D eigenvalue weighted by Crippen LogP contribution is 2.36. The number of rotatable bonds is 7. The molecule has 5 atom stereocenters. The van der Waals surface area contributed by atoms with Crippen LogP contribution >= 0.6 is 0 Å². The predicted molar refractivity (Wildman–Crippen MR) is 135 cm³/mol. The van der Waals surface area contributed by atoms with Gasteiger partial charge in [-0.05, 0) is 44.9 Å². The number of carbonyl (C=O) groups excluding carboxylic acids is 1. The van der Waals surface area contributed by atoms with Crippen molar-refractivity contribution in [3.63, 3.8) is 0 Å². The third kappa shape index (κ3) is 7.47. The number of hydrogen-bond donors (Lipinski definition) is 1. The third-order valence-corrected chi connectivity index (χ3v) is 6.07. The molecule has 0 saturated carbocycles. The van der Waals surface area contributed by atoms with E-state index < -0.39 is 36.2 Å². The predicted octanol–water partition coefficient (Wildman–Crippen LogP) is 4.39. The molecule has 1 aromatic rings. The van der Waals surface area contributed by atoms with E-state index in [1.807, 2.05) is 13.0 Å². The van der Waals surface area contributed by atoms with Crippen LogP contribution in [0.15, 0.2) is 35.5 Å². The number of methoxy groups -OCH3 is 1. The zero-order valence-corrected chi connectivity index (χ0v) is 21.8. The average Bonchev–Trinajstić information content (AvgIpc) is 3.17. The number of benzene rings is 1. The molecule has 2 aliphatic heterocycles. The van der Waals surface area contributed by atoms with Gasteiger partial charge in [0.25, 0.3) is 0 Å². The van der Waals surface area contributed by atoms with E-state index in [-0.39, 0.29) is 37.2 Å². The molecular weight excluding hydrogens is 482 g/mol. The highest BCUT2D eigenvalue weighted by molar-refractivity contribution is 5.98. The number of carbonyl (C=O) groups is 1. The van der Waals surface area contributed by atoms with Crippen molar-refractivity contribution in [1.29, 1.82) is 0 Å². The number of hydrogen-bond acceptors (Lipinski definition) is 9. The third-order valence-electron chi connectivity index (χ3n) is 6.07. The molecule has 2 aliphatic rings. The van der Waals surface area contributed by atoms with Crippen LogP contribution in [-0.4, -0.2) is 68.3 Å². The molecule has 1 unspecified atom stereocenters. The summed E-state index contributed by atoms with van der Waals surface area (Å²) in [6, 6.07) is 3.27. The molecule has 0 radical (unpaired) electrons. The van der Waals surface area contributed by atoms with Crippen molar-refractivity contribution in [1.82, 2.24) is 0 Å². The lowest BCUT2D eigenvalue weighted by Gasteiger charge is -2.23. The molecule has 37 heavy (non-hydrogen) atoms. The molecule has 0 aromatic heterocycles. The van der Waals surface area contributed by atoms with Gasteiger partial charge in [-0.1, -0.05) is 36.3 Å². The molecule has 11 nitrogen and oxygen atoms in total. The number of ether oxygens (including phenoxy) is 6. The summed E-state index contributed by atoms with van der Waals surface area (Å²) >= 11 is 0. The van der Waals surface area contributed by atoms with E-state index in [1.165, 1.54) is 7.11 Å². The molecule has 11 heteroatoms. The molecule has 0 spiro atoms. The topological polar surface area (TPSA) is 141 Å². The molecule has 3 rings (SSSR count). The van der Waals surface area contributed by atoms with Crippen molar-refractivity contribution in [2.24, 2.45) is 11.0 Å². The van der Waals surface area contributed by atoms with Gasteiger partial charge in [-0.25, -0.2) is 4.79 Å². The van der Waals surface area contributed by atoms with Gasteiger partial charge in [-0.15, -0.1) is 0 Å². The monoisotopic (exact) mass is 517 g/mol. The number of cyclic esters (lactones) is 1. The van der Waals surface area contributed by atoms with E-state index in [0.717, 1.165) is 0 Å². The van der Waals surface area contributed by atoms with Gasteiger partial charge in [0.2, 0.25) is 0 Å². The summed E-state index contributed by atoms with van der Waals surface area (Å²) in [5, 5.41) is 14.3. The number of esters is 1. The lowest BCUT2D eigenvalue weighted by atomic mass is 9.98. The Morgan fingerprint density at radius 2 is 1.95 bits per heavy atom. The van der Waals surface area contributed by atoms with Crippen LogP contribution in [-0.2, 0) is 18.9 Å². The van der Waals surface area contributed by atoms with Gasteiger partial charge in [-0.2, -0.15) is 0 Å². The maximum atomic E-state index is 13.5. The Morgan fingerprint density at radius 3 is 2.68 bits per heavy atom. The van der Waals surface area contributed by atoms with Gasteiger partial charge < -0.3 is 33.5 Å². The smallest absolute Gasteiger partial charge is 0.342 e. The number of azide groups is 1. The van der Waals surface area contributed by atoms with Gasteiger partial charge in [0.15, 0.2) is 12.6 Å². The molecule has 0 bridgehead atoms. The van der Waals surface area contributed by atoms with Gasteiger partial charge in [-0.3, -0.25) is 0 Å². The minimum atomic E-state index is -0.908. The highest BCUT2D eigenvalue weighted by atomic mass is 16.8. The number of nitrogens with zero attached hydrogens (tertiary/aromatic N) is 3. The zero-order chi connectivity index (χ0) is 27.0. The number of fused-ring (bicyclic) bond motifs is 2. The summed E-state index contributed by atoms with van der Waals surface area (Å²) in [6.07, 6.45) is 4.95. The first kappa shape index (κ1) is 28.5. The van der Waals surface area contributed by atoms with Crippen molar-refractivity contribution < 1.29 is 38.3 Å². The molecule has 1 aromatic carbocycles. The Hall–Kier alpha value is -3.08. The van der Waals surface area contributed by atoms with E-state index in [9.17, 15) is 9.90 Å². The zero-order valence-electron chi connectivity index (χ0n) is 21.8. The first-order valence-corrected chi connectivity index (χ1v) is 12.2. The van der Waals surface area contributed by atoms with Crippen LogP contribution in [0.2, 0.25) is 0 Å². The van der Waals surface area contributed by atoms with Crippen molar-refractivity contribution in [3.8, 4) is 11.5 Å². The lowest BCUT2D eigenvalue weighted by Crippen LogP contribution is -2.34. The quantitative estimate of drug-likeness (QED) is 0.107. The lowest BCUT2D eigenvalue weighted by molar-refractivity contribution is -0.152. The Kier molecular flexibility index (Phi) is 9.96. The molecule has 202 valence electrons. The summed E-state index contributed by atoms with van der Waals surface area (Å²) < 4.78 is 34.4. The van der Waals surface area contributed by atoms with Crippen molar-refractivity contribution in [2.45, 2.75) is 64.3 Å². The second kappa shape index (κ2) is 12.9. The fourth-order valence-electron chi connectivity index (χ4n) is 4.11. The molecule has 2 heterocycles. The van der Waals surface area contributed by atoms with Crippen LogP contribution in [0.5, 0.6) is 11.5 Å². The molecule has 0 amide bonds. The van der Waals surface area contributed by atoms with Gasteiger partial charge in [0.05, 0.1) is 19.3 Å². The molecule has 1 fully saturated rings. The van der Waals surface area contributed by atoms with Crippen LogP contribution < -0.4 is 9.47 Å². The standard InChI is InChI=1S/C26H35N3O8/c1-16-9-10-19(30)24-22(36-26(3,4)37-24)8-6-7-18-20(33-14-13-28-29-27)11-12-21(34-15-32-5)23(18)25(31)35-17(16)2/h6-7,9-12,16-17,19,22,24,30H,8,13-15H2,1-5H3/b7-6?,10-9-/t16-,17+,19?,22+,24-/m1/s1. The Balaban J connectivity index is 2.08. The summed E-state index contributed by atoms with van der Waals surface area (Å²) in [5.41, 5.74) is 9.17. The van der Waals surface area contributed by atoms with Crippen LogP contribution in [0.25, 0.3) is 16.5 Å². The van der Waals surface area contributed by atoms with Crippen molar-refractivity contribution >= 4 is 12.0 Å². The van der Waals surface area contributed by atoms with Crippen LogP contribution in [0.3, 0.4) is 0 Å². The van der Waals surface area contributed by atoms with Gasteiger partial charge >= 0.3 is 5.97 Å². The summed E-state index contributed by atoms with van der Waals surface area (Å²) in [5.74, 6) is -1.02. The van der Waals surface area contributed by atoms with Gasteiger partial charge in [0, 0.05) is 23.5 Å². The fraction of sp³-hybridized carbons (Fsp3) is 0.577.